The van der Waals surface area contributed by atoms with Crippen molar-refractivity contribution in [1.82, 2.24) is 0 Å². The van der Waals surface area contributed by atoms with Crippen molar-refractivity contribution in [2.45, 2.75) is 0 Å². The molecular weight excluding hydrogens is 198 g/mol. The number of nitriles is 1. The van der Waals surface area contributed by atoms with Crippen molar-refractivity contribution >= 4 is 5.69 Å². The number of hydrogen-bond donors (Lipinski definition) is 0. The van der Waals surface area contributed by atoms with E-state index in [1.165, 1.54) is 6.08 Å². The van der Waals surface area contributed by atoms with Gasteiger partial charge in [-0.15, -0.1) is 0 Å². The second-order valence-corrected chi connectivity index (χ2v) is 3.06. The lowest BCUT2D eigenvalue weighted by Gasteiger charge is -2.12. The highest BCUT2D eigenvalue weighted by molar-refractivity contribution is 5.48. The molecule has 0 bridgehead atoms. The lowest BCUT2D eigenvalue weighted by molar-refractivity contribution is 1.20. The Labute approximate surface area is 95.4 Å². The lowest BCUT2D eigenvalue weighted by Crippen LogP contribution is -2.06. The third-order valence-corrected chi connectivity index (χ3v) is 1.96. The van der Waals surface area contributed by atoms with Crippen LogP contribution in [0.3, 0.4) is 0 Å². The van der Waals surface area contributed by atoms with E-state index in [-0.39, 0.29) is 5.70 Å². The minimum Gasteiger partial charge on any atom is -0.351 e. The predicted molar refractivity (Wildman–Crippen MR) is 64.3 cm³/mol. The summed E-state index contributed by atoms with van der Waals surface area (Å²) in [5.41, 5.74) is 1.13. The van der Waals surface area contributed by atoms with Gasteiger partial charge >= 0.3 is 0 Å². The lowest BCUT2D eigenvalue weighted by atomic mass is 10.3. The van der Waals surface area contributed by atoms with Crippen molar-refractivity contribution in [2.24, 2.45) is 0 Å². The van der Waals surface area contributed by atoms with Crippen molar-refractivity contribution in [3.63, 3.8) is 0 Å². The highest BCUT2D eigenvalue weighted by Crippen LogP contribution is 2.11. The first-order valence-corrected chi connectivity index (χ1v) is 4.72. The Morgan fingerprint density at radius 1 is 1.44 bits per heavy atom. The van der Waals surface area contributed by atoms with Gasteiger partial charge in [-0.1, -0.05) is 24.3 Å². The normalized spacial score (nSPS) is 10.8. The van der Waals surface area contributed by atoms with Gasteiger partial charge in [0.15, 0.2) is 0 Å². The Balaban J connectivity index is 2.70. The first kappa shape index (κ1) is 11.6. The van der Waals surface area contributed by atoms with Crippen LogP contribution in [0.25, 0.3) is 4.85 Å². The molecule has 0 unspecified atom stereocenters. The summed E-state index contributed by atoms with van der Waals surface area (Å²) in [7, 11) is 1.91. The fourth-order valence-corrected chi connectivity index (χ4v) is 1.11. The molecule has 0 saturated carbocycles. The number of benzene rings is 1. The van der Waals surface area contributed by atoms with Gasteiger partial charge in [0.1, 0.15) is 0 Å². The van der Waals surface area contributed by atoms with E-state index in [1.54, 1.807) is 18.3 Å². The molecule has 16 heavy (non-hydrogen) atoms. The van der Waals surface area contributed by atoms with Crippen LogP contribution >= 0.6 is 0 Å². The predicted octanol–water partition coefficient (Wildman–Crippen LogP) is 2.96. The molecule has 0 N–H and O–H groups in total. The van der Waals surface area contributed by atoms with Crippen LogP contribution < -0.4 is 4.90 Å². The number of allylic oxidation sites excluding steroid dienone is 3. The SMILES string of the molecule is [C-]#[N+]/C(C#N)=C/C=C/N(C)c1ccccc1. The highest BCUT2D eigenvalue weighted by atomic mass is 15.1. The fraction of sp³-hybridized carbons (Fsp3) is 0.0769. The molecule has 0 aromatic heterocycles. The van der Waals surface area contributed by atoms with Gasteiger partial charge in [0.05, 0.1) is 12.6 Å². The van der Waals surface area contributed by atoms with Gasteiger partial charge in [-0.05, 0) is 18.2 Å². The summed E-state index contributed by atoms with van der Waals surface area (Å²) in [6.07, 6.45) is 4.98. The maximum Gasteiger partial charge on any atom is 0.261 e. The van der Waals surface area contributed by atoms with E-state index in [4.69, 9.17) is 11.8 Å². The first-order valence-electron chi connectivity index (χ1n) is 4.72. The molecule has 0 aliphatic rings. The molecule has 0 fully saturated rings. The minimum absolute atomic E-state index is 0.0812. The number of anilines is 1. The number of para-hydroxylation sites is 1. The molecule has 78 valence electrons. The molecule has 0 aliphatic heterocycles. The maximum atomic E-state index is 8.53. The Morgan fingerprint density at radius 3 is 2.69 bits per heavy atom. The molecule has 1 rings (SSSR count). The van der Waals surface area contributed by atoms with Crippen LogP contribution in [0, 0.1) is 17.9 Å². The zero-order valence-corrected chi connectivity index (χ0v) is 8.96. The van der Waals surface area contributed by atoms with E-state index in [2.05, 4.69) is 4.85 Å². The van der Waals surface area contributed by atoms with Crippen LogP contribution in [0.2, 0.25) is 0 Å². The van der Waals surface area contributed by atoms with E-state index in [0.29, 0.717) is 0 Å². The van der Waals surface area contributed by atoms with Gasteiger partial charge in [-0.25, -0.2) is 10.1 Å². The average Bonchev–Trinajstić information content (AvgIpc) is 2.35. The van der Waals surface area contributed by atoms with Crippen molar-refractivity contribution < 1.29 is 0 Å². The second kappa shape index (κ2) is 6.06. The van der Waals surface area contributed by atoms with Crippen LogP contribution in [0.4, 0.5) is 5.69 Å². The summed E-state index contributed by atoms with van der Waals surface area (Å²) >= 11 is 0. The van der Waals surface area contributed by atoms with Gasteiger partial charge in [0, 0.05) is 18.9 Å². The molecule has 0 spiro atoms. The quantitative estimate of drug-likeness (QED) is 0.435. The van der Waals surface area contributed by atoms with Gasteiger partial charge in [0.25, 0.3) is 5.70 Å². The second-order valence-electron chi connectivity index (χ2n) is 3.06. The molecule has 0 radical (unpaired) electrons. The largest absolute Gasteiger partial charge is 0.351 e. The molecule has 0 saturated heterocycles. The minimum atomic E-state index is 0.0812. The number of hydrogen-bond acceptors (Lipinski definition) is 2. The third-order valence-electron chi connectivity index (χ3n) is 1.96. The Hall–Kier alpha value is -2.52. The van der Waals surface area contributed by atoms with E-state index in [9.17, 15) is 0 Å². The van der Waals surface area contributed by atoms with E-state index in [0.717, 1.165) is 5.69 Å². The third kappa shape index (κ3) is 3.32. The fourth-order valence-electron chi connectivity index (χ4n) is 1.11. The summed E-state index contributed by atoms with van der Waals surface area (Å²) in [5, 5.41) is 8.53. The van der Waals surface area contributed by atoms with Crippen LogP contribution in [0.5, 0.6) is 0 Å². The standard InChI is InChI=1S/C13H11N3/c1-15-12(11-14)7-6-10-16(2)13-8-4-3-5-9-13/h3-10H,2H3/b10-6+,12-7+. The smallest absolute Gasteiger partial charge is 0.261 e. The van der Waals surface area contributed by atoms with Gasteiger partial charge < -0.3 is 4.90 Å². The molecule has 0 amide bonds. The first-order chi connectivity index (χ1) is 7.77. The average molecular weight is 209 g/mol. The zero-order valence-electron chi connectivity index (χ0n) is 8.96. The summed E-state index contributed by atoms with van der Waals surface area (Å²) in [5.74, 6) is 0. The zero-order chi connectivity index (χ0) is 11.8. The molecule has 3 heteroatoms. The molecule has 0 heterocycles. The number of rotatable bonds is 3. The summed E-state index contributed by atoms with van der Waals surface area (Å²) in [6, 6.07) is 11.6. The van der Waals surface area contributed by atoms with Crippen LogP contribution in [0.15, 0.2) is 54.4 Å². The topological polar surface area (TPSA) is 31.4 Å². The van der Waals surface area contributed by atoms with E-state index in [1.807, 2.05) is 42.3 Å². The summed E-state index contributed by atoms with van der Waals surface area (Å²) in [4.78, 5) is 4.97. The molecule has 3 nitrogen and oxygen atoms in total. The van der Waals surface area contributed by atoms with Crippen molar-refractivity contribution in [3.05, 3.63) is 65.8 Å². The Bertz CT molecular complexity index is 456. The monoisotopic (exact) mass is 209 g/mol. The Kier molecular flexibility index (Phi) is 4.37. The molecule has 1 aromatic carbocycles. The van der Waals surface area contributed by atoms with Crippen molar-refractivity contribution in [2.75, 3.05) is 11.9 Å². The van der Waals surface area contributed by atoms with Gasteiger partial charge in [-0.3, -0.25) is 0 Å². The summed E-state index contributed by atoms with van der Waals surface area (Å²) in [6.45, 7) is 6.70. The van der Waals surface area contributed by atoms with E-state index >= 15 is 0 Å². The van der Waals surface area contributed by atoms with Crippen molar-refractivity contribution in [1.29, 1.82) is 5.26 Å². The molecule has 0 atom stereocenters. The summed E-state index contributed by atoms with van der Waals surface area (Å²) < 4.78 is 0. The maximum absolute atomic E-state index is 8.53. The van der Waals surface area contributed by atoms with E-state index < -0.39 is 0 Å². The molecule has 0 aliphatic carbocycles. The molecular formula is C13H11N3. The van der Waals surface area contributed by atoms with Crippen LogP contribution in [0.1, 0.15) is 0 Å². The van der Waals surface area contributed by atoms with Crippen LogP contribution in [-0.2, 0) is 0 Å². The highest BCUT2D eigenvalue weighted by Gasteiger charge is 1.93. The van der Waals surface area contributed by atoms with Crippen molar-refractivity contribution in [3.8, 4) is 6.07 Å². The van der Waals surface area contributed by atoms with Gasteiger partial charge in [-0.2, -0.15) is 0 Å². The Morgan fingerprint density at radius 2 is 2.12 bits per heavy atom. The molecule has 1 aromatic rings. The number of nitrogens with zero attached hydrogens (tertiary/aromatic N) is 3. The van der Waals surface area contributed by atoms with Gasteiger partial charge in [0.2, 0.25) is 0 Å². The van der Waals surface area contributed by atoms with Crippen LogP contribution in [-0.4, -0.2) is 7.05 Å².